The van der Waals surface area contributed by atoms with Crippen LogP contribution in [-0.2, 0) is 14.3 Å². The minimum atomic E-state index is -0.608. The van der Waals surface area contributed by atoms with Gasteiger partial charge in [0.2, 0.25) is 0 Å². The molecule has 7 heteroatoms. The van der Waals surface area contributed by atoms with Crippen molar-refractivity contribution in [1.29, 1.82) is 0 Å². The summed E-state index contributed by atoms with van der Waals surface area (Å²) in [4.78, 5) is 26.7. The molecule has 2 atom stereocenters. The maximum atomic E-state index is 13.7. The van der Waals surface area contributed by atoms with Gasteiger partial charge < -0.3 is 10.1 Å². The van der Waals surface area contributed by atoms with Crippen LogP contribution in [0.4, 0.5) is 4.39 Å². The van der Waals surface area contributed by atoms with E-state index in [1.807, 2.05) is 38.1 Å². The van der Waals surface area contributed by atoms with Gasteiger partial charge in [0.25, 0.3) is 0 Å². The van der Waals surface area contributed by atoms with E-state index >= 15 is 0 Å². The number of Topliss-reactive ketones (excluding diaryl/α,β-unsaturated/α-hetero) is 1. The number of nitrogens with one attached hydrogen (secondary N) is 1. The van der Waals surface area contributed by atoms with Crippen molar-refractivity contribution in [2.75, 3.05) is 18.1 Å². The lowest BCUT2D eigenvalue weighted by atomic mass is 9.71. The fourth-order valence-corrected chi connectivity index (χ4v) is 5.52. The molecule has 34 heavy (non-hydrogen) atoms. The molecule has 4 nitrogen and oxygen atoms in total. The highest BCUT2D eigenvalue weighted by atomic mass is 35.5. The number of rotatable bonds is 7. The van der Waals surface area contributed by atoms with E-state index < -0.39 is 11.9 Å². The van der Waals surface area contributed by atoms with Crippen molar-refractivity contribution in [3.8, 4) is 0 Å². The van der Waals surface area contributed by atoms with Crippen LogP contribution in [0, 0.1) is 5.82 Å². The molecule has 0 amide bonds. The number of hydrogen-bond acceptors (Lipinski definition) is 5. The van der Waals surface area contributed by atoms with Crippen LogP contribution < -0.4 is 5.32 Å². The summed E-state index contributed by atoms with van der Waals surface area (Å²) >= 11 is 8.12. The lowest BCUT2D eigenvalue weighted by molar-refractivity contribution is -0.138. The molecule has 1 aliphatic heterocycles. The van der Waals surface area contributed by atoms with Crippen molar-refractivity contribution in [3.05, 3.63) is 93.0 Å². The van der Waals surface area contributed by atoms with Gasteiger partial charge in [0.1, 0.15) is 12.4 Å². The monoisotopic (exact) mass is 499 g/mol. The predicted molar refractivity (Wildman–Crippen MR) is 134 cm³/mol. The van der Waals surface area contributed by atoms with Gasteiger partial charge in [-0.3, -0.25) is 4.79 Å². The van der Waals surface area contributed by atoms with Crippen LogP contribution in [0.1, 0.15) is 49.7 Å². The Hall–Kier alpha value is -2.57. The minimum absolute atomic E-state index is 0.0488. The molecule has 2 aliphatic rings. The lowest BCUT2D eigenvalue weighted by Gasteiger charge is -2.37. The first-order valence-electron chi connectivity index (χ1n) is 11.4. The van der Waals surface area contributed by atoms with E-state index in [-0.39, 0.29) is 23.9 Å². The van der Waals surface area contributed by atoms with Crippen LogP contribution in [0.5, 0.6) is 0 Å². The van der Waals surface area contributed by atoms with E-state index in [0.29, 0.717) is 46.2 Å². The Balaban J connectivity index is 1.72. The normalized spacial score (nSPS) is 20.2. The molecule has 0 fully saturated rings. The molecule has 0 unspecified atom stereocenters. The van der Waals surface area contributed by atoms with Crippen LogP contribution in [0.3, 0.4) is 0 Å². The zero-order chi connectivity index (χ0) is 24.2. The first-order chi connectivity index (χ1) is 16.4. The number of benzene rings is 2. The molecule has 1 aliphatic carbocycles. The number of thioether (sulfide) groups is 1. The van der Waals surface area contributed by atoms with Crippen LogP contribution in [0.25, 0.3) is 0 Å². The number of esters is 1. The van der Waals surface area contributed by atoms with Gasteiger partial charge in [-0.05, 0) is 54.3 Å². The minimum Gasteiger partial charge on any atom is -0.461 e. The first-order valence-corrected chi connectivity index (χ1v) is 12.9. The molecule has 1 N–H and O–H groups in total. The van der Waals surface area contributed by atoms with E-state index in [1.54, 1.807) is 23.9 Å². The summed E-state index contributed by atoms with van der Waals surface area (Å²) in [6.45, 7) is 4.16. The maximum Gasteiger partial charge on any atom is 0.336 e. The second kappa shape index (κ2) is 10.8. The molecular weight excluding hydrogens is 473 g/mol. The summed E-state index contributed by atoms with van der Waals surface area (Å²) in [5.41, 5.74) is 4.00. The third-order valence-corrected chi connectivity index (χ3v) is 7.47. The highest BCUT2D eigenvalue weighted by Crippen LogP contribution is 2.46. The van der Waals surface area contributed by atoms with Crippen LogP contribution in [-0.4, -0.2) is 29.9 Å². The molecule has 2 aromatic carbocycles. The molecule has 178 valence electrons. The second-order valence-electron chi connectivity index (χ2n) is 8.42. The number of carbonyl (C=O) groups excluding carboxylic acids is 2. The Morgan fingerprint density at radius 3 is 2.62 bits per heavy atom. The first kappa shape index (κ1) is 24.6. The number of allylic oxidation sites excluding steroid dienone is 3. The summed E-state index contributed by atoms with van der Waals surface area (Å²) in [6, 6.07) is 13.5. The molecule has 0 saturated carbocycles. The summed E-state index contributed by atoms with van der Waals surface area (Å²) in [6.07, 6.45) is 0.881. The van der Waals surface area contributed by atoms with E-state index in [1.165, 1.54) is 12.1 Å². The molecule has 0 aromatic heterocycles. The summed E-state index contributed by atoms with van der Waals surface area (Å²) in [5.74, 6) is 0.0981. The Kier molecular flexibility index (Phi) is 7.79. The SMILES string of the molecule is CCSCCOC(=O)C1=C(C)NC2=C(C(=O)C[C@H](c3ccccc3Cl)C2)[C@H]1c1ccc(F)cc1. The van der Waals surface area contributed by atoms with Crippen LogP contribution >= 0.6 is 23.4 Å². The van der Waals surface area contributed by atoms with Crippen molar-refractivity contribution in [1.82, 2.24) is 5.32 Å². The van der Waals surface area contributed by atoms with Gasteiger partial charge in [0.15, 0.2) is 5.78 Å². The Bertz CT molecular complexity index is 1160. The van der Waals surface area contributed by atoms with E-state index in [9.17, 15) is 14.0 Å². The number of carbonyl (C=O) groups is 2. The Morgan fingerprint density at radius 2 is 1.91 bits per heavy atom. The van der Waals surface area contributed by atoms with Crippen molar-refractivity contribution < 1.29 is 18.7 Å². The van der Waals surface area contributed by atoms with Crippen molar-refractivity contribution in [2.45, 2.75) is 38.5 Å². The molecular formula is C27H27ClFNO3S. The third kappa shape index (κ3) is 5.08. The lowest BCUT2D eigenvalue weighted by Crippen LogP contribution is -2.36. The molecule has 2 aromatic rings. The van der Waals surface area contributed by atoms with Crippen molar-refractivity contribution in [2.24, 2.45) is 0 Å². The molecule has 1 heterocycles. The average Bonchev–Trinajstić information content (AvgIpc) is 2.81. The topological polar surface area (TPSA) is 55.4 Å². The molecule has 0 spiro atoms. The zero-order valence-electron chi connectivity index (χ0n) is 19.2. The molecule has 0 saturated heterocycles. The fourth-order valence-electron chi connectivity index (χ4n) is 4.74. The fraction of sp³-hybridized carbons (Fsp3) is 0.333. The maximum absolute atomic E-state index is 13.7. The van der Waals surface area contributed by atoms with Crippen molar-refractivity contribution in [3.63, 3.8) is 0 Å². The van der Waals surface area contributed by atoms with Crippen LogP contribution in [0.15, 0.2) is 71.1 Å². The predicted octanol–water partition coefficient (Wildman–Crippen LogP) is 6.14. The average molecular weight is 500 g/mol. The Labute approximate surface area is 208 Å². The van der Waals surface area contributed by atoms with Gasteiger partial charge in [-0.25, -0.2) is 9.18 Å². The molecule has 4 rings (SSSR count). The van der Waals surface area contributed by atoms with Gasteiger partial charge in [-0.2, -0.15) is 11.8 Å². The summed E-state index contributed by atoms with van der Waals surface area (Å²) in [7, 11) is 0. The van der Waals surface area contributed by atoms with Gasteiger partial charge in [0.05, 0.1) is 5.57 Å². The van der Waals surface area contributed by atoms with E-state index in [0.717, 1.165) is 17.0 Å². The van der Waals surface area contributed by atoms with Crippen molar-refractivity contribution >= 4 is 35.1 Å². The third-order valence-electron chi connectivity index (χ3n) is 6.26. The number of hydrogen-bond donors (Lipinski definition) is 1. The van der Waals surface area contributed by atoms with Gasteiger partial charge >= 0.3 is 5.97 Å². The summed E-state index contributed by atoms with van der Waals surface area (Å²) < 4.78 is 19.3. The number of dihydropyridines is 1. The second-order valence-corrected chi connectivity index (χ2v) is 10.2. The molecule has 0 radical (unpaired) electrons. The van der Waals surface area contributed by atoms with Gasteiger partial charge in [0, 0.05) is 40.1 Å². The Morgan fingerprint density at radius 1 is 1.18 bits per heavy atom. The largest absolute Gasteiger partial charge is 0.461 e. The van der Waals surface area contributed by atoms with E-state index in [4.69, 9.17) is 16.3 Å². The standard InChI is InChI=1S/C27H27ClFNO3S/c1-3-34-13-12-33-27(32)24-16(2)30-22-14-18(20-6-4-5-7-21(20)28)15-23(31)26(22)25(24)17-8-10-19(29)11-9-17/h4-11,18,25,30H,3,12-15H2,1-2H3/t18-,25+/m1/s1. The number of ether oxygens (including phenoxy) is 1. The number of halogens is 2. The highest BCUT2D eigenvalue weighted by Gasteiger charge is 2.41. The smallest absolute Gasteiger partial charge is 0.336 e. The van der Waals surface area contributed by atoms with Gasteiger partial charge in [-0.15, -0.1) is 0 Å². The van der Waals surface area contributed by atoms with E-state index in [2.05, 4.69) is 5.32 Å². The zero-order valence-corrected chi connectivity index (χ0v) is 20.8. The van der Waals surface area contributed by atoms with Crippen LogP contribution in [0.2, 0.25) is 5.02 Å². The number of ketones is 1. The highest BCUT2D eigenvalue weighted by molar-refractivity contribution is 7.99. The summed E-state index contributed by atoms with van der Waals surface area (Å²) in [5, 5.41) is 3.96. The quantitative estimate of drug-likeness (QED) is 0.366. The van der Waals surface area contributed by atoms with Gasteiger partial charge in [-0.1, -0.05) is 48.9 Å². The molecule has 0 bridgehead atoms.